The molecule has 0 radical (unpaired) electrons. The molecule has 2 aromatic rings. The van der Waals surface area contributed by atoms with Crippen molar-refractivity contribution >= 4 is 46.9 Å². The van der Waals surface area contributed by atoms with Crippen molar-refractivity contribution in [3.8, 4) is 0 Å². The summed E-state index contributed by atoms with van der Waals surface area (Å²) >= 11 is 11.8. The quantitative estimate of drug-likeness (QED) is 0.505. The van der Waals surface area contributed by atoms with Gasteiger partial charge in [-0.3, -0.25) is 9.59 Å². The topological polar surface area (TPSA) is 70.6 Å². The summed E-state index contributed by atoms with van der Waals surface area (Å²) in [5, 5.41) is 6.65. The van der Waals surface area contributed by atoms with E-state index in [2.05, 4.69) is 15.8 Å². The third-order valence-electron chi connectivity index (χ3n) is 3.43. The highest BCUT2D eigenvalue weighted by atomic mass is 35.5. The number of nitrogens with one attached hydrogen (secondary N) is 2. The first-order valence-electron chi connectivity index (χ1n) is 7.90. The van der Waals surface area contributed by atoms with Gasteiger partial charge in [0.2, 0.25) is 11.8 Å². The van der Waals surface area contributed by atoms with Crippen molar-refractivity contribution in [3.05, 3.63) is 63.6 Å². The van der Waals surface area contributed by atoms with E-state index in [-0.39, 0.29) is 23.6 Å². The molecule has 2 amide bonds. The maximum atomic E-state index is 12.7. The molecule has 0 unspecified atom stereocenters. The van der Waals surface area contributed by atoms with Gasteiger partial charge in [-0.1, -0.05) is 41.4 Å². The number of amides is 2. The highest BCUT2D eigenvalue weighted by Gasteiger charge is 2.30. The van der Waals surface area contributed by atoms with Gasteiger partial charge in [0.25, 0.3) is 0 Å². The van der Waals surface area contributed by atoms with Crippen LogP contribution in [0, 0.1) is 0 Å². The van der Waals surface area contributed by atoms with E-state index in [0.717, 1.165) is 12.1 Å². The van der Waals surface area contributed by atoms with Crippen LogP contribution in [0.5, 0.6) is 0 Å². The van der Waals surface area contributed by atoms with Crippen molar-refractivity contribution in [2.24, 2.45) is 5.10 Å². The number of hydrogen-bond donors (Lipinski definition) is 2. The summed E-state index contributed by atoms with van der Waals surface area (Å²) in [4.78, 5) is 23.5. The fourth-order valence-electron chi connectivity index (χ4n) is 2.07. The zero-order valence-electron chi connectivity index (χ0n) is 14.2. The van der Waals surface area contributed by atoms with Crippen LogP contribution in [0.1, 0.15) is 24.0 Å². The first kappa shape index (κ1) is 21.7. The Morgan fingerprint density at radius 1 is 1.04 bits per heavy atom. The lowest BCUT2D eigenvalue weighted by atomic mass is 10.2. The number of anilines is 1. The summed E-state index contributed by atoms with van der Waals surface area (Å²) in [5.41, 5.74) is 1.84. The number of nitrogens with zero attached hydrogens (tertiary/aromatic N) is 1. The van der Waals surface area contributed by atoms with Crippen molar-refractivity contribution in [2.75, 3.05) is 5.32 Å². The normalized spacial score (nSPS) is 11.5. The van der Waals surface area contributed by atoms with Crippen LogP contribution in [0.3, 0.4) is 0 Å². The molecular weight excluding hydrogens is 418 g/mol. The molecule has 2 rings (SSSR count). The summed E-state index contributed by atoms with van der Waals surface area (Å²) in [6.07, 6.45) is -3.64. The molecule has 0 saturated carbocycles. The molecule has 0 aliphatic rings. The van der Waals surface area contributed by atoms with Crippen LogP contribution in [0.25, 0.3) is 0 Å². The van der Waals surface area contributed by atoms with Gasteiger partial charge in [-0.05, 0) is 24.3 Å². The van der Waals surface area contributed by atoms with Crippen LogP contribution < -0.4 is 10.7 Å². The lowest BCUT2D eigenvalue weighted by Gasteiger charge is -2.09. The van der Waals surface area contributed by atoms with Crippen molar-refractivity contribution in [3.63, 3.8) is 0 Å². The molecule has 0 saturated heterocycles. The molecule has 0 spiro atoms. The van der Waals surface area contributed by atoms with Gasteiger partial charge < -0.3 is 5.32 Å². The lowest BCUT2D eigenvalue weighted by molar-refractivity contribution is -0.137. The molecular formula is C18H14Cl2F3N3O2. The molecule has 0 atom stereocenters. The zero-order valence-corrected chi connectivity index (χ0v) is 15.7. The maximum Gasteiger partial charge on any atom is 0.416 e. The average Bonchev–Trinajstić information content (AvgIpc) is 2.63. The lowest BCUT2D eigenvalue weighted by Crippen LogP contribution is -2.20. The van der Waals surface area contributed by atoms with E-state index in [1.807, 2.05) is 0 Å². The maximum absolute atomic E-state index is 12.7. The van der Waals surface area contributed by atoms with Crippen LogP contribution in [0.2, 0.25) is 10.0 Å². The molecule has 148 valence electrons. The third-order valence-corrected chi connectivity index (χ3v) is 4.26. The van der Waals surface area contributed by atoms with E-state index in [1.54, 1.807) is 18.2 Å². The summed E-state index contributed by atoms with van der Waals surface area (Å²) in [7, 11) is 0. The number of alkyl halides is 3. The SMILES string of the molecule is O=C(CCC(=O)Nc1cccc(C(F)(F)F)c1)NN=Cc1cccc(Cl)c1Cl. The number of benzene rings is 2. The Hall–Kier alpha value is -2.58. The second-order valence-corrected chi connectivity index (χ2v) is 6.35. The van der Waals surface area contributed by atoms with Gasteiger partial charge in [0, 0.05) is 24.1 Å². The van der Waals surface area contributed by atoms with Crippen LogP contribution in [-0.2, 0) is 15.8 Å². The molecule has 0 bridgehead atoms. The first-order valence-corrected chi connectivity index (χ1v) is 8.65. The predicted octanol–water partition coefficient (Wildman–Crippen LogP) is 4.88. The van der Waals surface area contributed by atoms with E-state index in [4.69, 9.17) is 23.2 Å². The minimum absolute atomic E-state index is 0.00569. The first-order chi connectivity index (χ1) is 13.2. The molecule has 5 nitrogen and oxygen atoms in total. The van der Waals surface area contributed by atoms with E-state index < -0.39 is 23.6 Å². The van der Waals surface area contributed by atoms with Gasteiger partial charge in [-0.15, -0.1) is 0 Å². The van der Waals surface area contributed by atoms with Crippen molar-refractivity contribution in [1.29, 1.82) is 0 Å². The van der Waals surface area contributed by atoms with Gasteiger partial charge in [0.15, 0.2) is 0 Å². The summed E-state index contributed by atoms with van der Waals surface area (Å²) < 4.78 is 38.0. The molecule has 0 aliphatic heterocycles. The van der Waals surface area contributed by atoms with Crippen LogP contribution in [0.4, 0.5) is 18.9 Å². The fraction of sp³-hybridized carbons (Fsp3) is 0.167. The summed E-state index contributed by atoms with van der Waals surface area (Å²) in [6, 6.07) is 9.13. The van der Waals surface area contributed by atoms with Crippen LogP contribution >= 0.6 is 23.2 Å². The van der Waals surface area contributed by atoms with E-state index in [9.17, 15) is 22.8 Å². The van der Waals surface area contributed by atoms with E-state index in [1.165, 1.54) is 18.3 Å². The molecule has 0 fully saturated rings. The highest BCUT2D eigenvalue weighted by molar-refractivity contribution is 6.43. The second kappa shape index (κ2) is 9.57. The smallest absolute Gasteiger partial charge is 0.326 e. The number of hydrogen-bond acceptors (Lipinski definition) is 3. The third kappa shape index (κ3) is 6.54. The van der Waals surface area contributed by atoms with Crippen LogP contribution in [-0.4, -0.2) is 18.0 Å². The van der Waals surface area contributed by atoms with Gasteiger partial charge in [0.1, 0.15) is 0 Å². The van der Waals surface area contributed by atoms with Gasteiger partial charge in [0.05, 0.1) is 21.8 Å². The molecule has 2 N–H and O–H groups in total. The number of hydrazone groups is 1. The number of carbonyl (C=O) groups is 2. The molecule has 0 aliphatic carbocycles. The average molecular weight is 432 g/mol. The minimum atomic E-state index is -4.51. The molecule has 0 aromatic heterocycles. The summed E-state index contributed by atoms with van der Waals surface area (Å²) in [5.74, 6) is -1.15. The molecule has 0 heterocycles. The predicted molar refractivity (Wildman–Crippen MR) is 102 cm³/mol. The van der Waals surface area contributed by atoms with Crippen molar-refractivity contribution in [2.45, 2.75) is 19.0 Å². The number of halogens is 5. The highest BCUT2D eigenvalue weighted by Crippen LogP contribution is 2.30. The molecule has 2 aromatic carbocycles. The Kier molecular flexibility index (Phi) is 7.42. The molecule has 28 heavy (non-hydrogen) atoms. The standard InChI is InChI=1S/C18H14Cl2F3N3O2/c19-14-6-1-3-11(17(14)20)10-24-26-16(28)8-7-15(27)25-13-5-2-4-12(9-13)18(21,22)23/h1-6,9-10H,7-8H2,(H,25,27)(H,26,28). The van der Waals surface area contributed by atoms with Crippen molar-refractivity contribution < 1.29 is 22.8 Å². The fourth-order valence-corrected chi connectivity index (χ4v) is 2.43. The van der Waals surface area contributed by atoms with Crippen molar-refractivity contribution in [1.82, 2.24) is 5.43 Å². The largest absolute Gasteiger partial charge is 0.416 e. The van der Waals surface area contributed by atoms with Gasteiger partial charge in [-0.2, -0.15) is 18.3 Å². The summed E-state index contributed by atoms with van der Waals surface area (Å²) in [6.45, 7) is 0. The monoisotopic (exact) mass is 431 g/mol. The Balaban J connectivity index is 1.82. The van der Waals surface area contributed by atoms with E-state index >= 15 is 0 Å². The Morgan fingerprint density at radius 2 is 1.71 bits per heavy atom. The zero-order chi connectivity index (χ0) is 20.7. The second-order valence-electron chi connectivity index (χ2n) is 5.56. The Morgan fingerprint density at radius 3 is 2.43 bits per heavy atom. The minimum Gasteiger partial charge on any atom is -0.326 e. The Labute approximate surface area is 168 Å². The number of rotatable bonds is 6. The van der Waals surface area contributed by atoms with Crippen LogP contribution in [0.15, 0.2) is 47.6 Å². The molecule has 10 heteroatoms. The Bertz CT molecular complexity index is 902. The van der Waals surface area contributed by atoms with Gasteiger partial charge in [-0.25, -0.2) is 5.43 Å². The van der Waals surface area contributed by atoms with Gasteiger partial charge >= 0.3 is 6.18 Å². The van der Waals surface area contributed by atoms with E-state index in [0.29, 0.717) is 10.6 Å². The number of carbonyl (C=O) groups excluding carboxylic acids is 2.